The van der Waals surface area contributed by atoms with Gasteiger partial charge in [-0.05, 0) is 12.1 Å². The van der Waals surface area contributed by atoms with Crippen molar-refractivity contribution in [3.05, 3.63) is 29.0 Å². The lowest BCUT2D eigenvalue weighted by molar-refractivity contribution is 0.682. The van der Waals surface area contributed by atoms with Crippen molar-refractivity contribution in [3.8, 4) is 6.19 Å². The van der Waals surface area contributed by atoms with Gasteiger partial charge in [0.15, 0.2) is 6.19 Å². The average Bonchev–Trinajstić information content (AvgIpc) is 2.08. The van der Waals surface area contributed by atoms with Crippen molar-refractivity contribution in [1.82, 2.24) is 9.71 Å². The van der Waals surface area contributed by atoms with Crippen LogP contribution in [0.3, 0.4) is 0 Å². The molecule has 0 amide bonds. The Balaban J connectivity index is 3.04. The molecule has 74 valence electrons. The van der Waals surface area contributed by atoms with Crippen LogP contribution in [0.15, 0.2) is 18.3 Å². The molecule has 0 saturated carbocycles. The Morgan fingerprint density at radius 3 is 2.93 bits per heavy atom. The standard InChI is InChI=1S/C8H8ClN3OS/c1-14(13,12-6-10)5-7-2-3-8(9)11-4-7/h2-5H,1H3,(H,12,13). The quantitative estimate of drug-likeness (QED) is 0.353. The molecule has 4 nitrogen and oxygen atoms in total. The Labute approximate surface area is 87.7 Å². The molecule has 0 spiro atoms. The lowest BCUT2D eigenvalue weighted by Gasteiger charge is -2.00. The number of nitrogens with zero attached hydrogens (tertiary/aromatic N) is 2. The van der Waals surface area contributed by atoms with E-state index >= 15 is 0 Å². The highest BCUT2D eigenvalue weighted by atomic mass is 35.5. The van der Waals surface area contributed by atoms with E-state index in [1.807, 2.05) is 0 Å². The summed E-state index contributed by atoms with van der Waals surface area (Å²) in [6, 6.07) is 3.27. The van der Waals surface area contributed by atoms with Gasteiger partial charge in [-0.2, -0.15) is 5.26 Å². The first-order chi connectivity index (χ1) is 6.53. The normalized spacial score (nSPS) is 13.8. The zero-order valence-corrected chi connectivity index (χ0v) is 8.97. The summed E-state index contributed by atoms with van der Waals surface area (Å²) < 4.78 is 13.8. The van der Waals surface area contributed by atoms with Crippen LogP contribution in [0.25, 0.3) is 0 Å². The van der Waals surface area contributed by atoms with Gasteiger partial charge in [0, 0.05) is 23.4 Å². The third-order valence-electron chi connectivity index (χ3n) is 1.36. The minimum absolute atomic E-state index is 0.373. The number of nitriles is 1. The number of nitrogens with one attached hydrogen (secondary N) is 1. The predicted molar refractivity (Wildman–Crippen MR) is 57.2 cm³/mol. The molecule has 0 fully saturated rings. The van der Waals surface area contributed by atoms with Gasteiger partial charge >= 0.3 is 0 Å². The number of aromatic nitrogens is 1. The second-order valence-electron chi connectivity index (χ2n) is 2.65. The highest BCUT2D eigenvalue weighted by Gasteiger charge is 1.97. The minimum Gasteiger partial charge on any atom is -0.249 e. The van der Waals surface area contributed by atoms with Crippen molar-refractivity contribution < 1.29 is 4.21 Å². The van der Waals surface area contributed by atoms with E-state index in [4.69, 9.17) is 16.9 Å². The van der Waals surface area contributed by atoms with Crippen LogP contribution in [-0.2, 0) is 9.71 Å². The van der Waals surface area contributed by atoms with Crippen LogP contribution in [0.2, 0.25) is 5.15 Å². The average molecular weight is 230 g/mol. The van der Waals surface area contributed by atoms with E-state index < -0.39 is 9.71 Å². The third kappa shape index (κ3) is 3.24. The fraction of sp³-hybridized carbons (Fsp3) is 0.125. The summed E-state index contributed by atoms with van der Waals surface area (Å²) in [7, 11) is -2.47. The zero-order valence-electron chi connectivity index (χ0n) is 7.40. The SMILES string of the molecule is CS(=O)(=Cc1ccc(Cl)nc1)NC#N. The number of rotatable bonds is 2. The second kappa shape index (κ2) is 4.31. The zero-order chi connectivity index (χ0) is 10.6. The first-order valence-electron chi connectivity index (χ1n) is 3.65. The van der Waals surface area contributed by atoms with Crippen LogP contribution in [0.5, 0.6) is 0 Å². The maximum atomic E-state index is 11.6. The Hall–Kier alpha value is -1.25. The van der Waals surface area contributed by atoms with Crippen molar-refractivity contribution in [1.29, 1.82) is 5.26 Å². The van der Waals surface area contributed by atoms with Gasteiger partial charge in [-0.15, -0.1) is 0 Å². The molecular formula is C8H8ClN3OS. The molecule has 1 unspecified atom stereocenters. The molecule has 0 aromatic carbocycles. The molecule has 0 radical (unpaired) electrons. The summed E-state index contributed by atoms with van der Waals surface area (Å²) in [5.74, 6) is 0. The molecule has 1 atom stereocenters. The molecule has 1 aromatic heterocycles. The summed E-state index contributed by atoms with van der Waals surface area (Å²) in [5.41, 5.74) is 0.657. The highest BCUT2D eigenvalue weighted by Crippen LogP contribution is 2.03. The topological polar surface area (TPSA) is 65.8 Å². The summed E-state index contributed by atoms with van der Waals surface area (Å²) in [4.78, 5) is 3.82. The number of hydrogen-bond acceptors (Lipinski definition) is 3. The highest BCUT2D eigenvalue weighted by molar-refractivity contribution is 7.99. The second-order valence-corrected chi connectivity index (χ2v) is 5.28. The maximum absolute atomic E-state index is 11.6. The fourth-order valence-electron chi connectivity index (χ4n) is 0.837. The van der Waals surface area contributed by atoms with E-state index in [0.717, 1.165) is 0 Å². The van der Waals surface area contributed by atoms with E-state index in [9.17, 15) is 4.21 Å². The molecule has 0 aliphatic carbocycles. The Kier molecular flexibility index (Phi) is 3.33. The van der Waals surface area contributed by atoms with Crippen LogP contribution in [0.4, 0.5) is 0 Å². The van der Waals surface area contributed by atoms with Crippen LogP contribution >= 0.6 is 11.6 Å². The van der Waals surface area contributed by atoms with Gasteiger partial charge in [0.05, 0.1) is 9.71 Å². The Bertz CT molecular complexity index is 468. The van der Waals surface area contributed by atoms with Gasteiger partial charge in [-0.3, -0.25) is 0 Å². The van der Waals surface area contributed by atoms with Gasteiger partial charge in [0.1, 0.15) is 5.15 Å². The minimum atomic E-state index is -2.47. The number of halogens is 1. The molecule has 0 bridgehead atoms. The molecule has 0 aliphatic heterocycles. The van der Waals surface area contributed by atoms with E-state index in [1.54, 1.807) is 18.3 Å². The van der Waals surface area contributed by atoms with Gasteiger partial charge in [0.25, 0.3) is 0 Å². The molecule has 0 aliphatic rings. The van der Waals surface area contributed by atoms with E-state index in [-0.39, 0.29) is 0 Å². The molecule has 1 heterocycles. The molecular weight excluding hydrogens is 222 g/mol. The monoisotopic (exact) mass is 229 g/mol. The van der Waals surface area contributed by atoms with Crippen molar-refractivity contribution in [3.63, 3.8) is 0 Å². The van der Waals surface area contributed by atoms with Crippen molar-refractivity contribution in [2.45, 2.75) is 0 Å². The van der Waals surface area contributed by atoms with Crippen LogP contribution < -0.4 is 4.72 Å². The number of pyridine rings is 1. The smallest absolute Gasteiger partial charge is 0.188 e. The summed E-state index contributed by atoms with van der Waals surface area (Å²) in [6.45, 7) is 0. The van der Waals surface area contributed by atoms with E-state index in [2.05, 4.69) is 9.71 Å². The summed E-state index contributed by atoms with van der Waals surface area (Å²) in [6.07, 6.45) is 4.56. The van der Waals surface area contributed by atoms with E-state index in [1.165, 1.54) is 17.8 Å². The largest absolute Gasteiger partial charge is 0.249 e. The van der Waals surface area contributed by atoms with Crippen LogP contribution in [0, 0.1) is 11.5 Å². The molecule has 0 saturated heterocycles. The summed E-state index contributed by atoms with van der Waals surface area (Å²) >= 11 is 5.58. The Morgan fingerprint density at radius 1 is 1.71 bits per heavy atom. The molecule has 6 heteroatoms. The lowest BCUT2D eigenvalue weighted by Crippen LogP contribution is -2.18. The van der Waals surface area contributed by atoms with Gasteiger partial charge in [-0.25, -0.2) is 13.9 Å². The lowest BCUT2D eigenvalue weighted by atomic mass is 10.3. The molecule has 1 rings (SSSR count). The molecule has 1 N–H and O–H groups in total. The van der Waals surface area contributed by atoms with Gasteiger partial charge < -0.3 is 0 Å². The summed E-state index contributed by atoms with van der Waals surface area (Å²) in [5, 5.41) is 10.1. The van der Waals surface area contributed by atoms with Crippen molar-refractivity contribution in [2.75, 3.05) is 6.26 Å². The van der Waals surface area contributed by atoms with E-state index in [0.29, 0.717) is 10.7 Å². The molecule has 14 heavy (non-hydrogen) atoms. The van der Waals surface area contributed by atoms with Crippen LogP contribution in [-0.4, -0.2) is 20.8 Å². The first-order valence-corrected chi connectivity index (χ1v) is 6.05. The number of hydrogen-bond donors (Lipinski definition) is 1. The Morgan fingerprint density at radius 2 is 2.43 bits per heavy atom. The third-order valence-corrected chi connectivity index (χ3v) is 2.80. The van der Waals surface area contributed by atoms with Crippen LogP contribution in [0.1, 0.15) is 5.56 Å². The van der Waals surface area contributed by atoms with Gasteiger partial charge in [-0.1, -0.05) is 11.6 Å². The van der Waals surface area contributed by atoms with Gasteiger partial charge in [0.2, 0.25) is 0 Å². The van der Waals surface area contributed by atoms with Crippen molar-refractivity contribution >= 4 is 26.7 Å². The first kappa shape index (κ1) is 10.8. The predicted octanol–water partition coefficient (Wildman–Crippen LogP) is 0.785. The molecule has 1 aromatic rings. The fourth-order valence-corrected chi connectivity index (χ4v) is 1.85. The van der Waals surface area contributed by atoms with Crippen molar-refractivity contribution in [2.24, 2.45) is 0 Å². The maximum Gasteiger partial charge on any atom is 0.188 e.